The summed E-state index contributed by atoms with van der Waals surface area (Å²) >= 11 is 0. The second-order valence-electron chi connectivity index (χ2n) is 8.05. The Balaban J connectivity index is 1.56. The molecular weight excluding hydrogens is 414 g/mol. The van der Waals surface area contributed by atoms with Gasteiger partial charge in [0.25, 0.3) is 5.91 Å². The van der Waals surface area contributed by atoms with Gasteiger partial charge in [0.05, 0.1) is 36.3 Å². The fourth-order valence-electron chi connectivity index (χ4n) is 3.96. The number of aromatic nitrogens is 2. The van der Waals surface area contributed by atoms with Gasteiger partial charge in [-0.1, -0.05) is 36.4 Å². The molecule has 0 saturated heterocycles. The van der Waals surface area contributed by atoms with Crippen molar-refractivity contribution in [2.75, 3.05) is 13.7 Å². The topological polar surface area (TPSA) is 65.4 Å². The maximum Gasteiger partial charge on any atom is 0.255 e. The molecule has 0 saturated carbocycles. The molecule has 4 rings (SSSR count). The van der Waals surface area contributed by atoms with Crippen molar-refractivity contribution in [1.82, 2.24) is 14.9 Å². The Morgan fingerprint density at radius 2 is 1.73 bits per heavy atom. The molecule has 0 radical (unpaired) electrons. The number of carbonyl (C=O) groups is 1. The SMILES string of the molecule is COc1ccccc1C(=O)NC(C)c1nc2ccccc2n1CCOc1cccc(C)c1C. The fraction of sp³-hybridized carbons (Fsp3) is 0.259. The van der Waals surface area contributed by atoms with E-state index in [0.29, 0.717) is 24.5 Å². The number of rotatable bonds is 8. The summed E-state index contributed by atoms with van der Waals surface area (Å²) in [5, 5.41) is 3.07. The molecule has 0 aliphatic rings. The molecule has 6 heteroatoms. The molecule has 0 aliphatic carbocycles. The standard InChI is InChI=1S/C27H29N3O3/c1-18-10-9-15-24(19(18)2)33-17-16-30-23-13-7-6-12-22(23)29-26(30)20(3)28-27(31)21-11-5-8-14-25(21)32-4/h5-15,20H,16-17H2,1-4H3,(H,28,31). The van der Waals surface area contributed by atoms with E-state index < -0.39 is 0 Å². The second-order valence-corrected chi connectivity index (χ2v) is 8.05. The molecule has 33 heavy (non-hydrogen) atoms. The zero-order valence-electron chi connectivity index (χ0n) is 19.5. The van der Waals surface area contributed by atoms with E-state index in [1.807, 2.05) is 55.5 Å². The van der Waals surface area contributed by atoms with Gasteiger partial charge >= 0.3 is 0 Å². The van der Waals surface area contributed by atoms with Crippen LogP contribution in [-0.4, -0.2) is 29.2 Å². The van der Waals surface area contributed by atoms with E-state index in [0.717, 1.165) is 28.2 Å². The molecule has 1 heterocycles. The molecule has 3 aromatic carbocycles. The highest BCUT2D eigenvalue weighted by Crippen LogP contribution is 2.24. The Bertz CT molecular complexity index is 1280. The summed E-state index contributed by atoms with van der Waals surface area (Å²) in [4.78, 5) is 17.8. The zero-order chi connectivity index (χ0) is 23.4. The van der Waals surface area contributed by atoms with Crippen LogP contribution in [0.2, 0.25) is 0 Å². The summed E-state index contributed by atoms with van der Waals surface area (Å²) in [6.45, 7) is 7.19. The zero-order valence-corrected chi connectivity index (χ0v) is 19.5. The predicted octanol–water partition coefficient (Wildman–Crippen LogP) is 5.23. The third kappa shape index (κ3) is 4.70. The number of hydrogen-bond acceptors (Lipinski definition) is 4. The number of amides is 1. The Morgan fingerprint density at radius 3 is 2.55 bits per heavy atom. The Kier molecular flexibility index (Phi) is 6.63. The number of nitrogens with zero attached hydrogens (tertiary/aromatic N) is 2. The van der Waals surface area contributed by atoms with Gasteiger partial charge in [0, 0.05) is 0 Å². The van der Waals surface area contributed by atoms with Crippen molar-refractivity contribution in [3.8, 4) is 11.5 Å². The lowest BCUT2D eigenvalue weighted by Crippen LogP contribution is -2.29. The van der Waals surface area contributed by atoms with Crippen LogP contribution >= 0.6 is 0 Å². The molecule has 0 spiro atoms. The molecular formula is C27H29N3O3. The van der Waals surface area contributed by atoms with Crippen molar-refractivity contribution in [2.45, 2.75) is 33.4 Å². The maximum atomic E-state index is 13.0. The highest BCUT2D eigenvalue weighted by Gasteiger charge is 2.20. The lowest BCUT2D eigenvalue weighted by Gasteiger charge is -2.18. The minimum absolute atomic E-state index is 0.204. The largest absolute Gasteiger partial charge is 0.496 e. The van der Waals surface area contributed by atoms with Crippen LogP contribution in [0.5, 0.6) is 11.5 Å². The smallest absolute Gasteiger partial charge is 0.255 e. The lowest BCUT2D eigenvalue weighted by atomic mass is 10.1. The summed E-state index contributed by atoms with van der Waals surface area (Å²) in [7, 11) is 1.56. The van der Waals surface area contributed by atoms with Gasteiger partial charge in [0.2, 0.25) is 0 Å². The third-order valence-electron chi connectivity index (χ3n) is 5.90. The van der Waals surface area contributed by atoms with Crippen molar-refractivity contribution in [1.29, 1.82) is 0 Å². The highest BCUT2D eigenvalue weighted by molar-refractivity contribution is 5.97. The summed E-state index contributed by atoms with van der Waals surface area (Å²) in [6, 6.07) is 20.9. The van der Waals surface area contributed by atoms with Gasteiger partial charge in [-0.3, -0.25) is 4.79 Å². The van der Waals surface area contributed by atoms with E-state index in [-0.39, 0.29) is 11.9 Å². The number of benzene rings is 3. The van der Waals surface area contributed by atoms with Crippen LogP contribution in [0.3, 0.4) is 0 Å². The van der Waals surface area contributed by atoms with Gasteiger partial charge in [-0.05, 0) is 62.2 Å². The predicted molar refractivity (Wildman–Crippen MR) is 130 cm³/mol. The fourth-order valence-corrected chi connectivity index (χ4v) is 3.96. The van der Waals surface area contributed by atoms with Crippen molar-refractivity contribution in [3.63, 3.8) is 0 Å². The number of fused-ring (bicyclic) bond motifs is 1. The summed E-state index contributed by atoms with van der Waals surface area (Å²) < 4.78 is 13.6. The highest BCUT2D eigenvalue weighted by atomic mass is 16.5. The third-order valence-corrected chi connectivity index (χ3v) is 5.90. The number of aryl methyl sites for hydroxylation is 1. The lowest BCUT2D eigenvalue weighted by molar-refractivity contribution is 0.0934. The van der Waals surface area contributed by atoms with Gasteiger partial charge in [-0.25, -0.2) is 4.98 Å². The van der Waals surface area contributed by atoms with Crippen LogP contribution in [0.4, 0.5) is 0 Å². The number of nitrogens with one attached hydrogen (secondary N) is 1. The first-order valence-corrected chi connectivity index (χ1v) is 11.1. The number of para-hydroxylation sites is 3. The van der Waals surface area contributed by atoms with E-state index in [1.165, 1.54) is 5.56 Å². The van der Waals surface area contributed by atoms with E-state index in [4.69, 9.17) is 14.5 Å². The van der Waals surface area contributed by atoms with E-state index >= 15 is 0 Å². The monoisotopic (exact) mass is 443 g/mol. The molecule has 170 valence electrons. The van der Waals surface area contributed by atoms with Gasteiger partial charge in [0.15, 0.2) is 0 Å². The van der Waals surface area contributed by atoms with Crippen LogP contribution in [0.1, 0.15) is 40.3 Å². The quantitative estimate of drug-likeness (QED) is 0.405. The summed E-state index contributed by atoms with van der Waals surface area (Å²) in [6.07, 6.45) is 0. The van der Waals surface area contributed by atoms with Gasteiger partial charge in [0.1, 0.15) is 23.9 Å². The number of carbonyl (C=O) groups excluding carboxylic acids is 1. The van der Waals surface area contributed by atoms with Crippen molar-refractivity contribution >= 4 is 16.9 Å². The first-order valence-electron chi connectivity index (χ1n) is 11.1. The average molecular weight is 444 g/mol. The number of hydrogen-bond donors (Lipinski definition) is 1. The first-order chi connectivity index (χ1) is 16.0. The molecule has 1 atom stereocenters. The van der Waals surface area contributed by atoms with Gasteiger partial charge in [-0.15, -0.1) is 0 Å². The Morgan fingerprint density at radius 1 is 1.00 bits per heavy atom. The normalized spacial score (nSPS) is 11.9. The molecule has 1 amide bonds. The second kappa shape index (κ2) is 9.77. The minimum Gasteiger partial charge on any atom is -0.496 e. The minimum atomic E-state index is -0.310. The van der Waals surface area contributed by atoms with E-state index in [1.54, 1.807) is 19.2 Å². The summed E-state index contributed by atoms with van der Waals surface area (Å²) in [5.74, 6) is 2.00. The van der Waals surface area contributed by atoms with Crippen LogP contribution in [0, 0.1) is 13.8 Å². The molecule has 0 aliphatic heterocycles. The van der Waals surface area contributed by atoms with Gasteiger partial charge in [-0.2, -0.15) is 0 Å². The molecule has 0 bridgehead atoms. The number of methoxy groups -OCH3 is 1. The molecule has 1 N–H and O–H groups in total. The molecule has 6 nitrogen and oxygen atoms in total. The molecule has 1 unspecified atom stereocenters. The van der Waals surface area contributed by atoms with Crippen LogP contribution in [0.15, 0.2) is 66.7 Å². The van der Waals surface area contributed by atoms with E-state index in [2.05, 4.69) is 29.8 Å². The van der Waals surface area contributed by atoms with E-state index in [9.17, 15) is 4.79 Å². The molecule has 0 fully saturated rings. The van der Waals surface area contributed by atoms with Crippen LogP contribution < -0.4 is 14.8 Å². The summed E-state index contributed by atoms with van der Waals surface area (Å²) in [5.41, 5.74) is 4.74. The average Bonchev–Trinajstić information content (AvgIpc) is 3.20. The van der Waals surface area contributed by atoms with Crippen molar-refractivity contribution < 1.29 is 14.3 Å². The Labute approximate surface area is 194 Å². The van der Waals surface area contributed by atoms with Crippen molar-refractivity contribution in [3.05, 3.63) is 89.2 Å². The first kappa shape index (κ1) is 22.4. The van der Waals surface area contributed by atoms with Crippen LogP contribution in [0.25, 0.3) is 11.0 Å². The maximum absolute atomic E-state index is 13.0. The molecule has 1 aromatic heterocycles. The molecule has 4 aromatic rings. The van der Waals surface area contributed by atoms with Crippen molar-refractivity contribution in [2.24, 2.45) is 0 Å². The van der Waals surface area contributed by atoms with Gasteiger partial charge < -0.3 is 19.4 Å². The number of ether oxygens (including phenoxy) is 2. The number of imidazole rings is 1. The Hall–Kier alpha value is -3.80. The van der Waals surface area contributed by atoms with Crippen LogP contribution in [-0.2, 0) is 6.54 Å².